The van der Waals surface area contributed by atoms with Gasteiger partial charge in [0.15, 0.2) is 0 Å². The van der Waals surface area contributed by atoms with Crippen molar-refractivity contribution >= 4 is 5.91 Å². The first kappa shape index (κ1) is 12.7. The highest BCUT2D eigenvalue weighted by Gasteiger charge is 2.42. The lowest BCUT2D eigenvalue weighted by atomic mass is 9.93. The maximum absolute atomic E-state index is 12.6. The minimum absolute atomic E-state index is 0.137. The molecule has 3 rings (SSSR count). The van der Waals surface area contributed by atoms with Gasteiger partial charge in [-0.3, -0.25) is 4.79 Å². The molecule has 1 saturated carbocycles. The summed E-state index contributed by atoms with van der Waals surface area (Å²) in [5.74, 6) is 0.847. The van der Waals surface area contributed by atoms with Crippen LogP contribution in [0.15, 0.2) is 30.3 Å². The summed E-state index contributed by atoms with van der Waals surface area (Å²) in [4.78, 5) is 14.7. The predicted molar refractivity (Wildman–Crippen MR) is 75.4 cm³/mol. The lowest BCUT2D eigenvalue weighted by molar-refractivity contribution is -0.137. The van der Waals surface area contributed by atoms with E-state index in [0.717, 1.165) is 18.0 Å². The number of benzene rings is 1. The summed E-state index contributed by atoms with van der Waals surface area (Å²) >= 11 is 0. The van der Waals surface area contributed by atoms with E-state index in [1.807, 2.05) is 37.3 Å². The third-order valence-corrected chi connectivity index (χ3v) is 4.80. The molecule has 1 aromatic carbocycles. The van der Waals surface area contributed by atoms with Gasteiger partial charge in [0.05, 0.1) is 5.92 Å². The van der Waals surface area contributed by atoms with Crippen molar-refractivity contribution in [1.82, 2.24) is 4.90 Å². The molecule has 4 atom stereocenters. The Morgan fingerprint density at radius 2 is 2.05 bits per heavy atom. The zero-order valence-electron chi connectivity index (χ0n) is 11.5. The molecule has 0 spiro atoms. The van der Waals surface area contributed by atoms with Gasteiger partial charge in [-0.25, -0.2) is 0 Å². The van der Waals surface area contributed by atoms with Gasteiger partial charge in [-0.1, -0.05) is 37.3 Å². The van der Waals surface area contributed by atoms with Gasteiger partial charge in [0.25, 0.3) is 0 Å². The minimum Gasteiger partial charge on any atom is -0.339 e. The van der Waals surface area contributed by atoms with Crippen LogP contribution in [0.2, 0.25) is 0 Å². The second-order valence-corrected chi connectivity index (χ2v) is 6.05. The van der Waals surface area contributed by atoms with E-state index in [9.17, 15) is 4.79 Å². The highest BCUT2D eigenvalue weighted by Crippen LogP contribution is 2.38. The van der Waals surface area contributed by atoms with Crippen LogP contribution in [-0.4, -0.2) is 23.4 Å². The number of fused-ring (bicyclic) bond motifs is 2. The van der Waals surface area contributed by atoms with Crippen LogP contribution in [0.1, 0.15) is 37.8 Å². The van der Waals surface area contributed by atoms with Crippen LogP contribution in [0.4, 0.5) is 0 Å². The summed E-state index contributed by atoms with van der Waals surface area (Å²) in [6.45, 7) is 2.92. The highest BCUT2D eigenvalue weighted by molar-refractivity contribution is 5.80. The van der Waals surface area contributed by atoms with Crippen LogP contribution < -0.4 is 5.73 Å². The largest absolute Gasteiger partial charge is 0.339 e. The zero-order valence-corrected chi connectivity index (χ0v) is 11.5. The molecule has 0 radical (unpaired) electrons. The molecule has 3 nitrogen and oxygen atoms in total. The summed E-state index contributed by atoms with van der Waals surface area (Å²) < 4.78 is 0. The van der Waals surface area contributed by atoms with Crippen molar-refractivity contribution in [3.8, 4) is 0 Å². The Bertz CT molecular complexity index is 459. The van der Waals surface area contributed by atoms with E-state index < -0.39 is 0 Å². The second kappa shape index (κ2) is 4.97. The number of nitrogens with zero attached hydrogens (tertiary/aromatic N) is 1. The first-order valence-corrected chi connectivity index (χ1v) is 7.28. The molecule has 102 valence electrons. The van der Waals surface area contributed by atoms with E-state index in [2.05, 4.69) is 4.90 Å². The van der Waals surface area contributed by atoms with Crippen molar-refractivity contribution < 1.29 is 4.79 Å². The maximum atomic E-state index is 12.6. The Labute approximate surface area is 114 Å². The topological polar surface area (TPSA) is 46.3 Å². The summed E-state index contributed by atoms with van der Waals surface area (Å²) in [7, 11) is 0. The van der Waals surface area contributed by atoms with E-state index in [4.69, 9.17) is 5.73 Å². The molecule has 19 heavy (non-hydrogen) atoms. The van der Waals surface area contributed by atoms with E-state index in [-0.39, 0.29) is 17.9 Å². The molecule has 0 aromatic heterocycles. The van der Waals surface area contributed by atoms with Crippen molar-refractivity contribution in [3.05, 3.63) is 35.9 Å². The zero-order chi connectivity index (χ0) is 13.4. The van der Waals surface area contributed by atoms with Crippen molar-refractivity contribution in [2.45, 2.75) is 38.3 Å². The first-order valence-electron chi connectivity index (χ1n) is 7.28. The lowest BCUT2D eigenvalue weighted by Gasteiger charge is -2.31. The molecule has 2 N–H and O–H groups in total. The molecule has 1 aliphatic heterocycles. The number of carbonyl (C=O) groups excluding carboxylic acids is 1. The molecule has 2 aliphatic rings. The molecule has 1 amide bonds. The van der Waals surface area contributed by atoms with Crippen LogP contribution >= 0.6 is 0 Å². The Morgan fingerprint density at radius 1 is 1.32 bits per heavy atom. The van der Waals surface area contributed by atoms with Crippen LogP contribution in [0.5, 0.6) is 0 Å². The average Bonchev–Trinajstić information content (AvgIpc) is 3.08. The predicted octanol–water partition coefficient (Wildman–Crippen LogP) is 2.33. The summed E-state index contributed by atoms with van der Waals surface area (Å²) in [5.41, 5.74) is 7.31. The molecule has 1 heterocycles. The van der Waals surface area contributed by atoms with Crippen molar-refractivity contribution in [3.63, 3.8) is 0 Å². The van der Waals surface area contributed by atoms with Crippen molar-refractivity contribution in [1.29, 1.82) is 0 Å². The Kier molecular flexibility index (Phi) is 3.31. The molecule has 1 aliphatic carbocycles. The highest BCUT2D eigenvalue weighted by atomic mass is 16.2. The molecular weight excluding hydrogens is 236 g/mol. The smallest absolute Gasteiger partial charge is 0.227 e. The molecule has 3 heteroatoms. The number of rotatable bonds is 3. The van der Waals surface area contributed by atoms with E-state index in [1.54, 1.807) is 0 Å². The molecule has 2 bridgehead atoms. The lowest BCUT2D eigenvalue weighted by Crippen LogP contribution is -2.43. The number of nitrogens with two attached hydrogens (primary N) is 1. The Hall–Kier alpha value is -1.35. The van der Waals surface area contributed by atoms with Crippen LogP contribution in [0, 0.1) is 11.8 Å². The molecular formula is C16H22N2O. The van der Waals surface area contributed by atoms with Crippen molar-refractivity contribution in [2.24, 2.45) is 17.6 Å². The normalized spacial score (nSPS) is 28.4. The van der Waals surface area contributed by atoms with E-state index in [0.29, 0.717) is 6.04 Å². The van der Waals surface area contributed by atoms with Gasteiger partial charge < -0.3 is 10.6 Å². The fourth-order valence-corrected chi connectivity index (χ4v) is 3.57. The minimum atomic E-state index is -0.201. The van der Waals surface area contributed by atoms with Crippen LogP contribution in [0.25, 0.3) is 0 Å². The summed E-state index contributed by atoms with van der Waals surface area (Å²) in [6.07, 6.45) is 3.69. The van der Waals surface area contributed by atoms with E-state index >= 15 is 0 Å². The third-order valence-electron chi connectivity index (χ3n) is 4.80. The molecule has 2 fully saturated rings. The van der Waals surface area contributed by atoms with E-state index in [1.165, 1.54) is 19.3 Å². The first-order chi connectivity index (χ1) is 9.16. The molecule has 1 saturated heterocycles. The van der Waals surface area contributed by atoms with Gasteiger partial charge in [0.1, 0.15) is 0 Å². The number of piperidine rings is 1. The number of likely N-dealkylation sites (tertiary alicyclic amines) is 1. The molecule has 0 unspecified atom stereocenters. The quantitative estimate of drug-likeness (QED) is 0.904. The second-order valence-electron chi connectivity index (χ2n) is 6.05. The van der Waals surface area contributed by atoms with Gasteiger partial charge in [-0.05, 0) is 30.7 Å². The van der Waals surface area contributed by atoms with Gasteiger partial charge >= 0.3 is 0 Å². The molecule has 1 aromatic rings. The van der Waals surface area contributed by atoms with Crippen LogP contribution in [-0.2, 0) is 4.79 Å². The standard InChI is InChI=1S/C16H22N2O/c1-11(15(17)13-5-3-2-4-6-13)16(19)18-10-12-7-8-14(18)9-12/h2-6,11-12,14-15H,7-10,17H2,1H3/t11-,12-,14-,15-/m0/s1. The van der Waals surface area contributed by atoms with Gasteiger partial charge in [-0.15, -0.1) is 0 Å². The number of hydrogen-bond donors (Lipinski definition) is 1. The number of hydrogen-bond acceptors (Lipinski definition) is 2. The number of carbonyl (C=O) groups is 1. The Morgan fingerprint density at radius 3 is 2.63 bits per heavy atom. The third kappa shape index (κ3) is 2.27. The fraction of sp³-hybridized carbons (Fsp3) is 0.562. The number of amides is 1. The fourth-order valence-electron chi connectivity index (χ4n) is 3.57. The SMILES string of the molecule is C[C@H](C(=O)N1C[C@H]2CC[C@H]1C2)[C@H](N)c1ccccc1. The monoisotopic (exact) mass is 258 g/mol. The Balaban J connectivity index is 1.70. The van der Waals surface area contributed by atoms with Gasteiger partial charge in [-0.2, -0.15) is 0 Å². The maximum Gasteiger partial charge on any atom is 0.227 e. The van der Waals surface area contributed by atoms with Crippen molar-refractivity contribution in [2.75, 3.05) is 6.54 Å². The van der Waals surface area contributed by atoms with Gasteiger partial charge in [0, 0.05) is 18.6 Å². The van der Waals surface area contributed by atoms with Crippen LogP contribution in [0.3, 0.4) is 0 Å². The van der Waals surface area contributed by atoms with Gasteiger partial charge in [0.2, 0.25) is 5.91 Å². The summed E-state index contributed by atoms with van der Waals surface area (Å²) in [6, 6.07) is 10.2. The summed E-state index contributed by atoms with van der Waals surface area (Å²) in [5, 5.41) is 0. The average molecular weight is 258 g/mol.